The topological polar surface area (TPSA) is 113 Å². The van der Waals surface area contributed by atoms with Gasteiger partial charge in [-0.3, -0.25) is 19.4 Å². The molecule has 1 saturated heterocycles. The number of aromatic nitrogens is 1. The number of hydrogen-bond acceptors (Lipinski definition) is 11. The summed E-state index contributed by atoms with van der Waals surface area (Å²) in [5.74, 6) is -1.07. The fraction of sp³-hybridized carbons (Fsp3) is 0.146. The molecule has 1 N–H and O–H groups in total. The highest BCUT2D eigenvalue weighted by Crippen LogP contribution is 2.46. The minimum absolute atomic E-state index is 0.143. The Hall–Kier alpha value is -6.41. The van der Waals surface area contributed by atoms with Crippen LogP contribution in [0.25, 0.3) is 0 Å². The summed E-state index contributed by atoms with van der Waals surface area (Å²) < 4.78 is 6.34. The number of β-lactam (4-membered cyclic amide) rings is 1. The third-order valence-electron chi connectivity index (χ3n) is 10.4. The number of amides is 2. The van der Waals surface area contributed by atoms with Gasteiger partial charge in [0.05, 0.1) is 0 Å². The summed E-state index contributed by atoms with van der Waals surface area (Å²) in [6, 6.07) is 48.3. The van der Waals surface area contributed by atoms with Gasteiger partial charge in [-0.25, -0.2) is 9.78 Å². The molecule has 2 unspecified atom stereocenters. The number of thioether (sulfide) groups is 2. The van der Waals surface area contributed by atoms with Crippen LogP contribution < -0.4 is 10.2 Å². The fourth-order valence-electron chi connectivity index (χ4n) is 7.67. The number of benzene rings is 5. The van der Waals surface area contributed by atoms with Crippen LogP contribution in [0, 0.1) is 0 Å². The van der Waals surface area contributed by atoms with Crippen molar-refractivity contribution in [3.8, 4) is 0 Å². The highest BCUT2D eigenvalue weighted by Gasteiger charge is 2.58. The first-order valence-electron chi connectivity index (χ1n) is 19.4. The van der Waals surface area contributed by atoms with E-state index < -0.39 is 40.8 Å². The van der Waals surface area contributed by atoms with E-state index >= 15 is 0 Å². The third-order valence-corrected chi connectivity index (χ3v) is 12.9. The van der Waals surface area contributed by atoms with Crippen molar-refractivity contribution in [1.29, 1.82) is 0 Å². The second kappa shape index (κ2) is 18.9. The number of hydrogen-bond donors (Lipinski definition) is 1. The SMILES string of the molecule is CON=CC(=O)N(c1csc(NC(c2ccccc2)(c2ccccc2)c2ccccc2)n1)C1C(=O)N2C(C(=O)OC(c3ccccc3)c3ccccc3)=C(C=CSC)CSC12. The number of carbonyl (C=O) groups is 3. The molecule has 2 amide bonds. The Morgan fingerprint density at radius 2 is 1.38 bits per heavy atom. The average Bonchev–Trinajstić information content (AvgIpc) is 3.78. The molecule has 0 spiro atoms. The molecule has 3 heterocycles. The van der Waals surface area contributed by atoms with Crippen molar-refractivity contribution in [2.45, 2.75) is 23.1 Å². The summed E-state index contributed by atoms with van der Waals surface area (Å²) in [6.07, 6.45) is 4.06. The molecule has 1 aromatic heterocycles. The number of allylic oxidation sites excluding steroid dienone is 1. The molecule has 5 aromatic carbocycles. The van der Waals surface area contributed by atoms with Gasteiger partial charge in [-0.05, 0) is 51.1 Å². The van der Waals surface area contributed by atoms with Gasteiger partial charge in [-0.1, -0.05) is 157 Å². The minimum atomic E-state index is -1.02. The Morgan fingerprint density at radius 1 is 0.852 bits per heavy atom. The lowest BCUT2D eigenvalue weighted by molar-refractivity contribution is -0.153. The molecule has 13 heteroatoms. The first kappa shape index (κ1) is 41.3. The number of rotatable bonds is 15. The molecule has 8 rings (SSSR count). The van der Waals surface area contributed by atoms with E-state index in [2.05, 4.69) is 46.9 Å². The molecule has 1 fully saturated rings. The molecule has 10 nitrogen and oxygen atoms in total. The number of esters is 1. The van der Waals surface area contributed by atoms with E-state index in [1.54, 1.807) is 5.38 Å². The Labute approximate surface area is 367 Å². The van der Waals surface area contributed by atoms with E-state index in [1.165, 1.54) is 51.8 Å². The van der Waals surface area contributed by atoms with Crippen LogP contribution >= 0.6 is 34.9 Å². The Balaban J connectivity index is 1.15. The van der Waals surface area contributed by atoms with Crippen LogP contribution in [-0.2, 0) is 29.5 Å². The van der Waals surface area contributed by atoms with Crippen molar-refractivity contribution in [1.82, 2.24) is 9.88 Å². The number of fused-ring (bicyclic) bond motifs is 1. The van der Waals surface area contributed by atoms with Crippen molar-refractivity contribution >= 4 is 69.8 Å². The van der Waals surface area contributed by atoms with Crippen molar-refractivity contribution < 1.29 is 24.0 Å². The first-order valence-corrected chi connectivity index (χ1v) is 22.6. The lowest BCUT2D eigenvalue weighted by atomic mass is 9.77. The zero-order valence-corrected chi connectivity index (χ0v) is 35.7. The van der Waals surface area contributed by atoms with Gasteiger partial charge in [0.25, 0.3) is 11.8 Å². The second-order valence-corrected chi connectivity index (χ2v) is 16.7. The van der Waals surface area contributed by atoms with Crippen molar-refractivity contribution in [2.24, 2.45) is 5.16 Å². The number of nitrogens with one attached hydrogen (secondary N) is 1. The maximum Gasteiger partial charge on any atom is 0.356 e. The molecule has 0 saturated carbocycles. The van der Waals surface area contributed by atoms with Crippen LogP contribution in [0.15, 0.2) is 185 Å². The second-order valence-electron chi connectivity index (χ2n) is 14.0. The molecular formula is C48H41N5O5S3. The molecular weight excluding hydrogens is 823 g/mol. The van der Waals surface area contributed by atoms with Gasteiger partial charge in [0, 0.05) is 11.1 Å². The number of anilines is 2. The van der Waals surface area contributed by atoms with Crippen LogP contribution in [0.2, 0.25) is 0 Å². The smallest absolute Gasteiger partial charge is 0.356 e. The molecule has 2 aliphatic heterocycles. The van der Waals surface area contributed by atoms with Crippen LogP contribution in [0.1, 0.15) is 33.9 Å². The number of carbonyl (C=O) groups excluding carboxylic acids is 3. The highest BCUT2D eigenvalue weighted by atomic mass is 32.2. The Morgan fingerprint density at radius 3 is 1.89 bits per heavy atom. The normalized spacial score (nSPS) is 16.4. The van der Waals surface area contributed by atoms with Crippen molar-refractivity contribution in [3.63, 3.8) is 0 Å². The molecule has 2 atom stereocenters. The number of thiazole rings is 1. The minimum Gasteiger partial charge on any atom is -0.448 e. The Kier molecular flexibility index (Phi) is 12.8. The van der Waals surface area contributed by atoms with Gasteiger partial charge in [0.15, 0.2) is 11.2 Å². The standard InChI is InChI=1S/C48H41N5O5S3/c1-57-49-30-40(54)52(39-32-61-47(50-39)51-48(36-22-12-5-13-23-36,37-24-14-6-15-25-37)38-26-16-7-17-27-38)42-44(55)53-41(35(28-29-59-2)31-60-45(42)53)46(56)58-43(33-18-8-3-9-19-33)34-20-10-4-11-21-34/h3-30,32,42-43,45H,31H2,1-2H3,(H,50,51). The highest BCUT2D eigenvalue weighted by molar-refractivity contribution is 8.01. The lowest BCUT2D eigenvalue weighted by Gasteiger charge is -2.52. The van der Waals surface area contributed by atoms with Gasteiger partial charge >= 0.3 is 5.97 Å². The van der Waals surface area contributed by atoms with Crippen LogP contribution in [0.5, 0.6) is 0 Å². The number of nitrogens with zero attached hydrogens (tertiary/aromatic N) is 4. The molecule has 0 radical (unpaired) electrons. The number of ether oxygens (including phenoxy) is 1. The summed E-state index contributed by atoms with van der Waals surface area (Å²) in [5.41, 5.74) is 4.42. The lowest BCUT2D eigenvalue weighted by Crippen LogP contribution is -2.72. The molecule has 6 aromatic rings. The monoisotopic (exact) mass is 863 g/mol. The van der Waals surface area contributed by atoms with Crippen molar-refractivity contribution in [3.05, 3.63) is 208 Å². The zero-order valence-electron chi connectivity index (χ0n) is 33.2. The van der Waals surface area contributed by atoms with E-state index in [-0.39, 0.29) is 11.5 Å². The predicted molar refractivity (Wildman–Crippen MR) is 245 cm³/mol. The van der Waals surface area contributed by atoms with Gasteiger partial charge in [0.1, 0.15) is 41.8 Å². The summed E-state index contributed by atoms with van der Waals surface area (Å²) in [5, 5.41) is 11.0. The van der Waals surface area contributed by atoms with E-state index in [9.17, 15) is 14.4 Å². The average molecular weight is 864 g/mol. The third kappa shape index (κ3) is 8.36. The van der Waals surface area contributed by atoms with Gasteiger partial charge in [0.2, 0.25) is 0 Å². The summed E-state index contributed by atoms with van der Waals surface area (Å²) in [4.78, 5) is 56.0. The molecule has 0 bridgehead atoms. The molecule has 306 valence electrons. The quantitative estimate of drug-likeness (QED) is 0.0355. The molecule has 61 heavy (non-hydrogen) atoms. The maximum atomic E-state index is 14.7. The molecule has 2 aliphatic rings. The van der Waals surface area contributed by atoms with Gasteiger partial charge in [-0.2, -0.15) is 0 Å². The summed E-state index contributed by atoms with van der Waals surface area (Å²) in [7, 11) is 1.34. The van der Waals surface area contributed by atoms with Crippen LogP contribution in [0.4, 0.5) is 10.9 Å². The first-order chi connectivity index (χ1) is 29.9. The summed E-state index contributed by atoms with van der Waals surface area (Å²) in [6.45, 7) is 0. The summed E-state index contributed by atoms with van der Waals surface area (Å²) >= 11 is 4.25. The van der Waals surface area contributed by atoms with Crippen LogP contribution in [0.3, 0.4) is 0 Å². The number of oxime groups is 1. The van der Waals surface area contributed by atoms with E-state index in [0.29, 0.717) is 16.5 Å². The van der Waals surface area contributed by atoms with E-state index in [0.717, 1.165) is 34.0 Å². The van der Waals surface area contributed by atoms with Gasteiger partial charge < -0.3 is 14.9 Å². The van der Waals surface area contributed by atoms with E-state index in [1.807, 2.05) is 133 Å². The van der Waals surface area contributed by atoms with Gasteiger partial charge in [-0.15, -0.1) is 34.9 Å². The van der Waals surface area contributed by atoms with Crippen molar-refractivity contribution in [2.75, 3.05) is 29.3 Å². The fourth-order valence-corrected chi connectivity index (χ4v) is 10.1. The largest absolute Gasteiger partial charge is 0.448 e. The molecule has 0 aliphatic carbocycles. The Bertz CT molecular complexity index is 2420. The maximum absolute atomic E-state index is 14.7. The van der Waals surface area contributed by atoms with Crippen LogP contribution in [-0.4, -0.2) is 64.4 Å². The zero-order chi connectivity index (χ0) is 42.2. The van der Waals surface area contributed by atoms with E-state index in [4.69, 9.17) is 14.6 Å². The predicted octanol–water partition coefficient (Wildman–Crippen LogP) is 9.26.